The third kappa shape index (κ3) is 3.38. The van der Waals surface area contributed by atoms with Gasteiger partial charge >= 0.3 is 0 Å². The van der Waals surface area contributed by atoms with Gasteiger partial charge in [-0.3, -0.25) is 4.79 Å². The first-order valence-electron chi connectivity index (χ1n) is 6.90. The zero-order chi connectivity index (χ0) is 14.7. The van der Waals surface area contributed by atoms with E-state index in [0.717, 1.165) is 23.1 Å². The largest absolute Gasteiger partial charge is 0.301 e. The molecule has 0 aliphatic rings. The fraction of sp³-hybridized carbons (Fsp3) is 0.467. The fourth-order valence-electron chi connectivity index (χ4n) is 1.91. The lowest BCUT2D eigenvalue weighted by atomic mass is 9.99. The van der Waals surface area contributed by atoms with E-state index in [4.69, 9.17) is 0 Å². The van der Waals surface area contributed by atoms with Gasteiger partial charge in [0.2, 0.25) is 5.91 Å². The zero-order valence-corrected chi connectivity index (χ0v) is 14.3. The van der Waals surface area contributed by atoms with E-state index in [1.54, 1.807) is 0 Å². The molecule has 1 heterocycles. The molecule has 0 spiro atoms. The molecule has 1 amide bonds. The van der Waals surface area contributed by atoms with E-state index in [1.165, 1.54) is 16.9 Å². The van der Waals surface area contributed by atoms with E-state index in [1.807, 2.05) is 13.0 Å². The third-order valence-electron chi connectivity index (χ3n) is 3.47. The van der Waals surface area contributed by atoms with Crippen LogP contribution < -0.4 is 5.32 Å². The second kappa shape index (κ2) is 6.68. The van der Waals surface area contributed by atoms with Crippen molar-refractivity contribution in [3.8, 4) is 0 Å². The molecule has 0 unspecified atom stereocenters. The van der Waals surface area contributed by atoms with E-state index >= 15 is 0 Å². The van der Waals surface area contributed by atoms with Gasteiger partial charge in [0.25, 0.3) is 0 Å². The predicted octanol–water partition coefficient (Wildman–Crippen LogP) is 4.92. The van der Waals surface area contributed by atoms with Crippen molar-refractivity contribution in [3.05, 3.63) is 23.8 Å². The second-order valence-electron chi connectivity index (χ2n) is 4.92. The zero-order valence-electron chi connectivity index (χ0n) is 11.9. The number of hydrogen-bond donors (Lipinski definition) is 1. The Morgan fingerprint density at radius 1 is 1.40 bits per heavy atom. The number of thiazole rings is 1. The number of rotatable bonds is 5. The first kappa shape index (κ1) is 15.4. The molecular weight excluding hydrogens is 336 g/mol. The first-order chi connectivity index (χ1) is 9.55. The van der Waals surface area contributed by atoms with Gasteiger partial charge in [-0.25, -0.2) is 4.98 Å². The van der Waals surface area contributed by atoms with Crippen LogP contribution in [0.25, 0.3) is 10.2 Å². The smallest absolute Gasteiger partial charge is 0.239 e. The number of amides is 1. The highest BCUT2D eigenvalue weighted by Crippen LogP contribution is 2.30. The van der Waals surface area contributed by atoms with Crippen LogP contribution in [0.5, 0.6) is 0 Å². The van der Waals surface area contributed by atoms with Crippen LogP contribution in [0, 0.1) is 0 Å². The molecular formula is C15H19BrN2OS. The molecule has 1 aromatic heterocycles. The van der Waals surface area contributed by atoms with Crippen LogP contribution >= 0.6 is 27.3 Å². The summed E-state index contributed by atoms with van der Waals surface area (Å²) in [6, 6.07) is 6.35. The average Bonchev–Trinajstić information content (AvgIpc) is 2.86. The van der Waals surface area contributed by atoms with Crippen LogP contribution in [-0.2, 0) is 4.79 Å². The van der Waals surface area contributed by atoms with Crippen molar-refractivity contribution in [3.63, 3.8) is 0 Å². The molecule has 0 bridgehead atoms. The maximum Gasteiger partial charge on any atom is 0.239 e. The Kier molecular flexibility index (Phi) is 5.16. The summed E-state index contributed by atoms with van der Waals surface area (Å²) in [7, 11) is 0. The van der Waals surface area contributed by atoms with E-state index in [2.05, 4.69) is 52.2 Å². The Labute approximate surface area is 131 Å². The third-order valence-corrected chi connectivity index (χ3v) is 5.46. The summed E-state index contributed by atoms with van der Waals surface area (Å²) in [6.45, 7) is 6.38. The minimum atomic E-state index is -0.162. The molecule has 2 rings (SSSR count). The van der Waals surface area contributed by atoms with Gasteiger partial charge in [0.15, 0.2) is 5.13 Å². The number of nitrogens with one attached hydrogen (secondary N) is 1. The van der Waals surface area contributed by atoms with Crippen LogP contribution in [-0.4, -0.2) is 15.7 Å². The Morgan fingerprint density at radius 3 is 2.80 bits per heavy atom. The van der Waals surface area contributed by atoms with Crippen LogP contribution in [0.15, 0.2) is 18.2 Å². The lowest BCUT2D eigenvalue weighted by Crippen LogP contribution is -2.21. The molecule has 5 heteroatoms. The maximum atomic E-state index is 11.9. The summed E-state index contributed by atoms with van der Waals surface area (Å²) in [4.78, 5) is 16.1. The lowest BCUT2D eigenvalue weighted by Gasteiger charge is -2.07. The van der Waals surface area contributed by atoms with Gasteiger partial charge in [0.05, 0.1) is 15.0 Å². The summed E-state index contributed by atoms with van der Waals surface area (Å²) in [6.07, 6.45) is 1.88. The van der Waals surface area contributed by atoms with E-state index in [0.29, 0.717) is 11.0 Å². The average molecular weight is 355 g/mol. The number of halogens is 1. The molecule has 3 nitrogen and oxygen atoms in total. The van der Waals surface area contributed by atoms with E-state index in [9.17, 15) is 4.79 Å². The van der Waals surface area contributed by atoms with Crippen molar-refractivity contribution in [2.75, 3.05) is 5.32 Å². The lowest BCUT2D eigenvalue weighted by molar-refractivity contribution is -0.115. The first-order valence-corrected chi connectivity index (χ1v) is 8.63. The van der Waals surface area contributed by atoms with Crippen LogP contribution in [0.3, 0.4) is 0 Å². The Hall–Kier alpha value is -0.940. The number of hydrogen-bond acceptors (Lipinski definition) is 3. The molecule has 0 aliphatic heterocycles. The van der Waals surface area contributed by atoms with Gasteiger partial charge in [-0.1, -0.05) is 54.1 Å². The fourth-order valence-corrected chi connectivity index (χ4v) is 2.94. The molecule has 0 aliphatic carbocycles. The van der Waals surface area contributed by atoms with Gasteiger partial charge in [-0.15, -0.1) is 0 Å². The number of fused-ring (bicyclic) bond motifs is 1. The molecule has 2 atom stereocenters. The number of alkyl halides is 1. The van der Waals surface area contributed by atoms with Crippen molar-refractivity contribution < 1.29 is 4.79 Å². The molecule has 108 valence electrons. The van der Waals surface area contributed by atoms with Crippen molar-refractivity contribution in [2.24, 2.45) is 0 Å². The molecule has 0 fully saturated rings. The van der Waals surface area contributed by atoms with Crippen LogP contribution in [0.1, 0.15) is 45.1 Å². The Bertz CT molecular complexity index is 611. The topological polar surface area (TPSA) is 42.0 Å². The molecule has 0 saturated carbocycles. The van der Waals surface area contributed by atoms with E-state index in [-0.39, 0.29) is 10.7 Å². The molecule has 0 radical (unpaired) electrons. The number of nitrogens with zero attached hydrogens (tertiary/aromatic N) is 1. The van der Waals surface area contributed by atoms with Crippen molar-refractivity contribution >= 4 is 48.5 Å². The predicted molar refractivity (Wildman–Crippen MR) is 90.0 cm³/mol. The van der Waals surface area contributed by atoms with E-state index < -0.39 is 0 Å². The van der Waals surface area contributed by atoms with Gasteiger partial charge < -0.3 is 5.32 Å². The monoisotopic (exact) mass is 354 g/mol. The van der Waals surface area contributed by atoms with Crippen molar-refractivity contribution in [1.29, 1.82) is 0 Å². The highest BCUT2D eigenvalue weighted by atomic mass is 79.9. The van der Waals surface area contributed by atoms with Gasteiger partial charge in [0, 0.05) is 0 Å². The summed E-state index contributed by atoms with van der Waals surface area (Å²) in [5.74, 6) is 0.514. The van der Waals surface area contributed by atoms with Gasteiger partial charge in [0.1, 0.15) is 0 Å². The minimum absolute atomic E-state index is 0.0336. The highest BCUT2D eigenvalue weighted by molar-refractivity contribution is 9.10. The number of benzene rings is 1. The van der Waals surface area contributed by atoms with Gasteiger partial charge in [-0.2, -0.15) is 0 Å². The normalized spacial score (nSPS) is 14.2. The Morgan fingerprint density at radius 2 is 2.15 bits per heavy atom. The number of carbonyl (C=O) groups excluding carboxylic acids is 1. The minimum Gasteiger partial charge on any atom is -0.301 e. The number of aromatic nitrogens is 1. The van der Waals surface area contributed by atoms with Gasteiger partial charge in [-0.05, 0) is 36.5 Å². The highest BCUT2D eigenvalue weighted by Gasteiger charge is 2.15. The summed E-state index contributed by atoms with van der Waals surface area (Å²) < 4.78 is 1.13. The van der Waals surface area contributed by atoms with Crippen LogP contribution in [0.4, 0.5) is 5.13 Å². The molecule has 2 aromatic rings. The van der Waals surface area contributed by atoms with Crippen molar-refractivity contribution in [2.45, 2.75) is 44.4 Å². The summed E-state index contributed by atoms with van der Waals surface area (Å²) >= 11 is 4.88. The second-order valence-corrected chi connectivity index (χ2v) is 7.06. The molecule has 0 saturated heterocycles. The van der Waals surface area contributed by atoms with Crippen molar-refractivity contribution in [1.82, 2.24) is 4.98 Å². The van der Waals surface area contributed by atoms with Crippen LogP contribution in [0.2, 0.25) is 0 Å². The SMILES string of the molecule is CC[C@@H](C)c1ccc2nc(NC(=O)[C@@H](Br)CC)sc2c1. The molecule has 1 N–H and O–H groups in total. The maximum absolute atomic E-state index is 11.9. The molecule has 1 aromatic carbocycles. The quantitative estimate of drug-likeness (QED) is 0.774. The number of carbonyl (C=O) groups is 1. The summed E-state index contributed by atoms with van der Waals surface area (Å²) in [5, 5.41) is 3.54. The standard InChI is InChI=1S/C15H19BrN2OS/c1-4-9(3)10-6-7-12-13(8-10)20-15(17-12)18-14(19)11(16)5-2/h6-9,11H,4-5H2,1-3H3,(H,17,18,19)/t9-,11+/m1/s1. The summed E-state index contributed by atoms with van der Waals surface area (Å²) in [5.41, 5.74) is 2.27. The Balaban J connectivity index is 2.23. The number of anilines is 1. The molecule has 20 heavy (non-hydrogen) atoms.